The normalized spacial score (nSPS) is 11.2. The lowest BCUT2D eigenvalue weighted by molar-refractivity contribution is 0.0690. The van der Waals surface area contributed by atoms with E-state index in [9.17, 15) is 14.0 Å². The van der Waals surface area contributed by atoms with Crippen LogP contribution in [0.2, 0.25) is 0 Å². The number of pyridine rings is 1. The molecule has 0 aliphatic rings. The number of nitrogens with zero attached hydrogens (tertiary/aromatic N) is 2. The second-order valence-electron chi connectivity index (χ2n) is 5.88. The monoisotopic (exact) mass is 344 g/mol. The maximum Gasteiger partial charge on any atom is 0.354 e. The molecule has 0 aliphatic carbocycles. The molecule has 0 saturated carbocycles. The molecule has 128 valence electrons. The molecule has 2 heterocycles. The fourth-order valence-corrected chi connectivity index (χ4v) is 2.58. The predicted octanol–water partition coefficient (Wildman–Crippen LogP) is 3.98. The number of fused-ring (bicyclic) bond motifs is 1. The summed E-state index contributed by atoms with van der Waals surface area (Å²) in [4.78, 5) is 27.0. The van der Waals surface area contributed by atoms with Gasteiger partial charge in [-0.2, -0.15) is 0 Å². The molecule has 3 rings (SSSR count). The van der Waals surface area contributed by atoms with Crippen molar-refractivity contribution in [2.24, 2.45) is 5.92 Å². The first kappa shape index (κ1) is 16.8. The molecule has 0 bridgehead atoms. The molecule has 7 heteroatoms. The average molecular weight is 344 g/mol. The van der Waals surface area contributed by atoms with Gasteiger partial charge in [0.15, 0.2) is 5.82 Å². The lowest BCUT2D eigenvalue weighted by Crippen LogP contribution is -2.16. The van der Waals surface area contributed by atoms with E-state index in [0.717, 1.165) is 12.1 Å². The van der Waals surface area contributed by atoms with Crippen molar-refractivity contribution >= 4 is 22.8 Å². The Morgan fingerprint density at radius 2 is 1.84 bits per heavy atom. The molecule has 0 atom stereocenters. The minimum atomic E-state index is -1.35. The summed E-state index contributed by atoms with van der Waals surface area (Å²) in [5.41, 5.74) is -1.00. The number of carboxylic acids is 1. The van der Waals surface area contributed by atoms with Crippen molar-refractivity contribution in [2.45, 2.75) is 13.8 Å². The fraction of sp³-hybridized carbons (Fsp3) is 0.167. The Morgan fingerprint density at radius 3 is 2.48 bits per heavy atom. The standard InChI is InChI=1S/C18H14F2N2O3/c1-9(2)17(23)22-8-7-10-3-4-11(14(20)16(10)22)15-12(19)5-6-13(21-15)18(24)25/h3-9H,1-2H3,(H,24,25). The van der Waals surface area contributed by atoms with Crippen LogP contribution in [0.1, 0.15) is 29.1 Å². The van der Waals surface area contributed by atoms with Gasteiger partial charge in [-0.25, -0.2) is 18.6 Å². The Bertz CT molecular complexity index is 1010. The third-order valence-electron chi connectivity index (χ3n) is 3.84. The van der Waals surface area contributed by atoms with Crippen LogP contribution in [0, 0.1) is 17.6 Å². The van der Waals surface area contributed by atoms with Crippen LogP contribution in [-0.4, -0.2) is 26.5 Å². The van der Waals surface area contributed by atoms with Crippen LogP contribution in [0.4, 0.5) is 8.78 Å². The van der Waals surface area contributed by atoms with Gasteiger partial charge in [0.05, 0.1) is 5.52 Å². The molecule has 1 N–H and O–H groups in total. The SMILES string of the molecule is CC(C)C(=O)n1ccc2ccc(-c3nc(C(=O)O)ccc3F)c(F)c21. The maximum atomic E-state index is 15.1. The lowest BCUT2D eigenvalue weighted by Gasteiger charge is -2.10. The maximum absolute atomic E-state index is 15.1. The number of aromatic carboxylic acids is 1. The van der Waals surface area contributed by atoms with Crippen LogP contribution in [0.3, 0.4) is 0 Å². The van der Waals surface area contributed by atoms with Gasteiger partial charge in [-0.15, -0.1) is 0 Å². The minimum Gasteiger partial charge on any atom is -0.477 e. The first-order valence-corrected chi connectivity index (χ1v) is 7.55. The number of hydrogen-bond acceptors (Lipinski definition) is 3. The Hall–Kier alpha value is -3.09. The molecule has 0 amide bonds. The third-order valence-corrected chi connectivity index (χ3v) is 3.84. The van der Waals surface area contributed by atoms with E-state index in [4.69, 9.17) is 5.11 Å². The zero-order valence-electron chi connectivity index (χ0n) is 13.5. The molecular weight excluding hydrogens is 330 g/mol. The quantitative estimate of drug-likeness (QED) is 0.780. The summed E-state index contributed by atoms with van der Waals surface area (Å²) < 4.78 is 30.4. The van der Waals surface area contributed by atoms with E-state index >= 15 is 4.39 Å². The molecule has 3 aromatic rings. The number of carbonyl (C=O) groups is 2. The highest BCUT2D eigenvalue weighted by atomic mass is 19.1. The molecule has 2 aromatic heterocycles. The van der Waals surface area contributed by atoms with Crippen molar-refractivity contribution in [3.05, 3.63) is 53.9 Å². The average Bonchev–Trinajstić information content (AvgIpc) is 3.00. The third kappa shape index (κ3) is 2.77. The fourth-order valence-electron chi connectivity index (χ4n) is 2.58. The molecule has 0 aliphatic heterocycles. The van der Waals surface area contributed by atoms with Crippen LogP contribution in [0.5, 0.6) is 0 Å². The molecule has 1 aromatic carbocycles. The van der Waals surface area contributed by atoms with Gasteiger partial charge in [0.1, 0.15) is 17.2 Å². The first-order chi connectivity index (χ1) is 11.8. The van der Waals surface area contributed by atoms with Gasteiger partial charge in [-0.05, 0) is 24.3 Å². The molecular formula is C18H14F2N2O3. The van der Waals surface area contributed by atoms with Crippen LogP contribution in [0.25, 0.3) is 22.2 Å². The minimum absolute atomic E-state index is 0.0122. The van der Waals surface area contributed by atoms with E-state index < -0.39 is 29.0 Å². The van der Waals surface area contributed by atoms with Crippen molar-refractivity contribution in [3.63, 3.8) is 0 Å². The number of rotatable bonds is 3. The Balaban J connectivity index is 2.27. The van der Waals surface area contributed by atoms with E-state index in [2.05, 4.69) is 4.98 Å². The zero-order valence-corrected chi connectivity index (χ0v) is 13.5. The Labute approximate surface area is 141 Å². The highest BCUT2D eigenvalue weighted by molar-refractivity contribution is 5.95. The van der Waals surface area contributed by atoms with Crippen LogP contribution in [0.15, 0.2) is 36.5 Å². The second-order valence-corrected chi connectivity index (χ2v) is 5.88. The van der Waals surface area contributed by atoms with Crippen LogP contribution < -0.4 is 0 Å². The molecule has 0 unspecified atom stereocenters. The van der Waals surface area contributed by atoms with Crippen LogP contribution in [-0.2, 0) is 0 Å². The summed E-state index contributed by atoms with van der Waals surface area (Å²) in [5.74, 6) is -3.69. The van der Waals surface area contributed by atoms with Crippen LogP contribution >= 0.6 is 0 Å². The summed E-state index contributed by atoms with van der Waals surface area (Å²) in [6, 6.07) is 6.36. The van der Waals surface area contributed by atoms with Gasteiger partial charge in [0.2, 0.25) is 5.91 Å². The van der Waals surface area contributed by atoms with E-state index in [1.807, 2.05) is 0 Å². The van der Waals surface area contributed by atoms with Gasteiger partial charge in [-0.3, -0.25) is 9.36 Å². The Kier molecular flexibility index (Phi) is 4.08. The molecule has 0 spiro atoms. The van der Waals surface area contributed by atoms with E-state index in [1.54, 1.807) is 19.9 Å². The van der Waals surface area contributed by atoms with Gasteiger partial charge in [0, 0.05) is 23.1 Å². The molecule has 0 saturated heterocycles. The number of carbonyl (C=O) groups excluding carboxylic acids is 1. The van der Waals surface area contributed by atoms with Crippen molar-refractivity contribution in [1.82, 2.24) is 9.55 Å². The topological polar surface area (TPSA) is 72.2 Å². The van der Waals surface area contributed by atoms with Crippen molar-refractivity contribution in [2.75, 3.05) is 0 Å². The number of aromatic nitrogens is 2. The second kappa shape index (κ2) is 6.08. The Morgan fingerprint density at radius 1 is 1.12 bits per heavy atom. The van der Waals surface area contributed by atoms with Gasteiger partial charge in [-0.1, -0.05) is 19.9 Å². The summed E-state index contributed by atoms with van der Waals surface area (Å²) in [6.07, 6.45) is 1.46. The number of halogens is 2. The molecule has 0 fully saturated rings. The summed E-state index contributed by atoms with van der Waals surface area (Å²) in [5, 5.41) is 9.48. The van der Waals surface area contributed by atoms with E-state index in [-0.39, 0.29) is 22.9 Å². The summed E-state index contributed by atoms with van der Waals surface area (Å²) in [6.45, 7) is 3.38. The smallest absolute Gasteiger partial charge is 0.354 e. The predicted molar refractivity (Wildman–Crippen MR) is 87.5 cm³/mol. The summed E-state index contributed by atoms with van der Waals surface area (Å²) >= 11 is 0. The number of benzene rings is 1. The zero-order chi connectivity index (χ0) is 18.3. The van der Waals surface area contributed by atoms with Gasteiger partial charge in [0.25, 0.3) is 0 Å². The summed E-state index contributed by atoms with van der Waals surface area (Å²) in [7, 11) is 0. The van der Waals surface area contributed by atoms with Crippen molar-refractivity contribution < 1.29 is 23.5 Å². The largest absolute Gasteiger partial charge is 0.477 e. The molecule has 25 heavy (non-hydrogen) atoms. The highest BCUT2D eigenvalue weighted by Crippen LogP contribution is 2.30. The lowest BCUT2D eigenvalue weighted by atomic mass is 10.1. The highest BCUT2D eigenvalue weighted by Gasteiger charge is 2.21. The van der Waals surface area contributed by atoms with Gasteiger partial charge < -0.3 is 5.11 Å². The van der Waals surface area contributed by atoms with E-state index in [0.29, 0.717) is 5.39 Å². The molecule has 5 nitrogen and oxygen atoms in total. The van der Waals surface area contributed by atoms with Crippen molar-refractivity contribution in [1.29, 1.82) is 0 Å². The first-order valence-electron chi connectivity index (χ1n) is 7.55. The number of carboxylic acid groups (broad SMARTS) is 1. The van der Waals surface area contributed by atoms with Gasteiger partial charge >= 0.3 is 5.97 Å². The van der Waals surface area contributed by atoms with Crippen molar-refractivity contribution in [3.8, 4) is 11.3 Å². The molecule has 0 radical (unpaired) electrons. The van der Waals surface area contributed by atoms with E-state index in [1.165, 1.54) is 22.9 Å². The number of hydrogen-bond donors (Lipinski definition) is 1.